The van der Waals surface area contributed by atoms with Crippen LogP contribution in [-0.2, 0) is 6.54 Å². The van der Waals surface area contributed by atoms with E-state index in [4.69, 9.17) is 14.6 Å². The van der Waals surface area contributed by atoms with Crippen LogP contribution in [0.25, 0.3) is 10.9 Å². The van der Waals surface area contributed by atoms with E-state index in [1.807, 2.05) is 6.92 Å². The predicted molar refractivity (Wildman–Crippen MR) is 86.5 cm³/mol. The number of ether oxygens (including phenoxy) is 2. The molecular formula is C16H19N3O5. The molecule has 0 atom stereocenters. The minimum absolute atomic E-state index is 0.0636. The van der Waals surface area contributed by atoms with Gasteiger partial charge in [-0.1, -0.05) is 13.3 Å². The Hall–Kier alpha value is -2.61. The van der Waals surface area contributed by atoms with E-state index < -0.39 is 11.3 Å². The summed E-state index contributed by atoms with van der Waals surface area (Å²) < 4.78 is 12.3. The van der Waals surface area contributed by atoms with Gasteiger partial charge in [-0.2, -0.15) is 5.10 Å². The molecule has 128 valence electrons. The average Bonchev–Trinajstić information content (AvgIpc) is 3.05. The molecule has 1 aliphatic heterocycles. The number of carbonyl (C=O) groups excluding carboxylic acids is 1. The molecule has 2 aromatic rings. The van der Waals surface area contributed by atoms with Gasteiger partial charge in [0, 0.05) is 19.2 Å². The van der Waals surface area contributed by atoms with Gasteiger partial charge in [0.15, 0.2) is 17.2 Å². The van der Waals surface area contributed by atoms with Crippen molar-refractivity contribution < 1.29 is 19.4 Å². The Kier molecular flexibility index (Phi) is 4.66. The Balaban J connectivity index is 2.15. The third-order valence-electron chi connectivity index (χ3n) is 3.79. The number of fused-ring (bicyclic) bond motifs is 2. The summed E-state index contributed by atoms with van der Waals surface area (Å²) in [6.07, 6.45) is 1.81. The number of unbranched alkanes of at least 4 members (excludes halogenated alkanes) is 1. The van der Waals surface area contributed by atoms with Crippen molar-refractivity contribution in [2.75, 3.05) is 19.9 Å². The summed E-state index contributed by atoms with van der Waals surface area (Å²) in [5, 5.41) is 15.9. The molecule has 2 heterocycles. The highest BCUT2D eigenvalue weighted by Crippen LogP contribution is 2.35. The fourth-order valence-electron chi connectivity index (χ4n) is 2.55. The molecule has 0 radical (unpaired) electrons. The van der Waals surface area contributed by atoms with Gasteiger partial charge in [0.05, 0.1) is 17.5 Å². The third kappa shape index (κ3) is 2.92. The average molecular weight is 333 g/mol. The second-order valence-electron chi connectivity index (χ2n) is 5.46. The standard InChI is InChI=1S/C16H19N3O5/c1-2-3-5-19-11-8-13-12(23-9-24-13)7-10(11)15(21)14(18-19)16(22)17-4-6-20/h7-8,20H,2-6,9H2,1H3,(H,17,22). The summed E-state index contributed by atoms with van der Waals surface area (Å²) in [5.41, 5.74) is -0.0474. The Labute approximate surface area is 138 Å². The minimum atomic E-state index is -0.598. The number of aliphatic hydroxyl groups excluding tert-OH is 1. The predicted octanol–water partition coefficient (Wildman–Crippen LogP) is 0.647. The minimum Gasteiger partial charge on any atom is -0.454 e. The van der Waals surface area contributed by atoms with Crippen LogP contribution in [0.4, 0.5) is 0 Å². The lowest BCUT2D eigenvalue weighted by molar-refractivity contribution is 0.0936. The molecule has 1 aliphatic rings. The molecule has 8 nitrogen and oxygen atoms in total. The van der Waals surface area contributed by atoms with Crippen LogP contribution < -0.4 is 20.2 Å². The number of aryl methyl sites for hydroxylation is 1. The number of carbonyl (C=O) groups is 1. The first-order valence-corrected chi connectivity index (χ1v) is 7.89. The molecule has 0 fully saturated rings. The fraction of sp³-hybridized carbons (Fsp3) is 0.438. The number of hydrogen-bond donors (Lipinski definition) is 2. The summed E-state index contributed by atoms with van der Waals surface area (Å²) in [4.78, 5) is 24.8. The topological polar surface area (TPSA) is 103 Å². The maximum absolute atomic E-state index is 12.7. The van der Waals surface area contributed by atoms with E-state index in [1.54, 1.807) is 16.8 Å². The Morgan fingerprint density at radius 2 is 2.12 bits per heavy atom. The molecule has 8 heteroatoms. The third-order valence-corrected chi connectivity index (χ3v) is 3.79. The van der Waals surface area contributed by atoms with Crippen LogP contribution in [0.5, 0.6) is 11.5 Å². The second kappa shape index (κ2) is 6.88. The number of aliphatic hydroxyl groups is 1. The van der Waals surface area contributed by atoms with Crippen LogP contribution in [0.3, 0.4) is 0 Å². The normalized spacial score (nSPS) is 12.6. The molecule has 2 N–H and O–H groups in total. The molecule has 3 rings (SSSR count). The molecule has 1 aromatic carbocycles. The van der Waals surface area contributed by atoms with Crippen molar-refractivity contribution >= 4 is 16.8 Å². The summed E-state index contributed by atoms with van der Waals surface area (Å²) in [7, 11) is 0. The first-order chi connectivity index (χ1) is 11.7. The summed E-state index contributed by atoms with van der Waals surface area (Å²) in [6.45, 7) is 2.59. The molecule has 0 aliphatic carbocycles. The number of benzene rings is 1. The van der Waals surface area contributed by atoms with Crippen LogP contribution in [0.2, 0.25) is 0 Å². The van der Waals surface area contributed by atoms with E-state index in [2.05, 4.69) is 10.4 Å². The van der Waals surface area contributed by atoms with Gasteiger partial charge in [-0.25, -0.2) is 0 Å². The van der Waals surface area contributed by atoms with Crippen LogP contribution >= 0.6 is 0 Å². The lowest BCUT2D eigenvalue weighted by Crippen LogP contribution is -2.33. The Morgan fingerprint density at radius 3 is 2.83 bits per heavy atom. The monoisotopic (exact) mass is 333 g/mol. The lowest BCUT2D eigenvalue weighted by Gasteiger charge is -2.12. The number of nitrogens with zero attached hydrogens (tertiary/aromatic N) is 2. The van der Waals surface area contributed by atoms with Gasteiger partial charge >= 0.3 is 0 Å². The molecule has 24 heavy (non-hydrogen) atoms. The van der Waals surface area contributed by atoms with Gasteiger partial charge in [-0.3, -0.25) is 14.3 Å². The van der Waals surface area contributed by atoms with E-state index in [0.717, 1.165) is 12.8 Å². The summed E-state index contributed by atoms with van der Waals surface area (Å²) in [6, 6.07) is 3.31. The van der Waals surface area contributed by atoms with Crippen molar-refractivity contribution in [1.82, 2.24) is 15.1 Å². The number of aromatic nitrogens is 2. The molecule has 0 saturated carbocycles. The SMILES string of the molecule is CCCCn1nc(C(=O)NCCO)c(=O)c2cc3c(cc21)OCO3. The molecule has 0 saturated heterocycles. The molecular weight excluding hydrogens is 314 g/mol. The quantitative estimate of drug-likeness (QED) is 0.804. The van der Waals surface area contributed by atoms with Crippen molar-refractivity contribution in [2.24, 2.45) is 0 Å². The van der Waals surface area contributed by atoms with Crippen LogP contribution in [0.1, 0.15) is 30.3 Å². The van der Waals surface area contributed by atoms with E-state index in [9.17, 15) is 9.59 Å². The number of hydrogen-bond acceptors (Lipinski definition) is 6. The van der Waals surface area contributed by atoms with Crippen molar-refractivity contribution in [1.29, 1.82) is 0 Å². The molecule has 1 aromatic heterocycles. The largest absolute Gasteiger partial charge is 0.454 e. The van der Waals surface area contributed by atoms with Gasteiger partial charge in [-0.15, -0.1) is 0 Å². The summed E-state index contributed by atoms with van der Waals surface area (Å²) in [5.74, 6) is 0.444. The molecule has 0 spiro atoms. The van der Waals surface area contributed by atoms with Crippen molar-refractivity contribution in [3.05, 3.63) is 28.0 Å². The fourth-order valence-corrected chi connectivity index (χ4v) is 2.55. The maximum Gasteiger partial charge on any atom is 0.275 e. The van der Waals surface area contributed by atoms with Gasteiger partial charge in [0.2, 0.25) is 12.2 Å². The zero-order valence-electron chi connectivity index (χ0n) is 13.4. The van der Waals surface area contributed by atoms with E-state index in [-0.39, 0.29) is 25.6 Å². The van der Waals surface area contributed by atoms with Crippen molar-refractivity contribution in [3.63, 3.8) is 0 Å². The highest BCUT2D eigenvalue weighted by Gasteiger charge is 2.21. The molecule has 1 amide bonds. The Bertz CT molecular complexity index is 831. The smallest absolute Gasteiger partial charge is 0.275 e. The van der Waals surface area contributed by atoms with Gasteiger partial charge in [-0.05, 0) is 12.5 Å². The van der Waals surface area contributed by atoms with Gasteiger partial charge in [0.1, 0.15) is 0 Å². The van der Waals surface area contributed by atoms with Gasteiger partial charge < -0.3 is 19.9 Å². The highest BCUT2D eigenvalue weighted by atomic mass is 16.7. The zero-order chi connectivity index (χ0) is 17.1. The van der Waals surface area contributed by atoms with E-state index in [0.29, 0.717) is 28.9 Å². The second-order valence-corrected chi connectivity index (χ2v) is 5.46. The first kappa shape index (κ1) is 16.3. The van der Waals surface area contributed by atoms with Crippen molar-refractivity contribution in [2.45, 2.75) is 26.3 Å². The lowest BCUT2D eigenvalue weighted by atomic mass is 10.1. The number of nitrogens with one attached hydrogen (secondary N) is 1. The molecule has 0 bridgehead atoms. The highest BCUT2D eigenvalue weighted by molar-refractivity contribution is 5.96. The Morgan fingerprint density at radius 1 is 1.38 bits per heavy atom. The van der Waals surface area contributed by atoms with Gasteiger partial charge in [0.25, 0.3) is 5.91 Å². The first-order valence-electron chi connectivity index (χ1n) is 7.89. The van der Waals surface area contributed by atoms with E-state index in [1.165, 1.54) is 0 Å². The number of amides is 1. The van der Waals surface area contributed by atoms with Crippen LogP contribution in [0, 0.1) is 0 Å². The van der Waals surface area contributed by atoms with Crippen LogP contribution in [0.15, 0.2) is 16.9 Å². The van der Waals surface area contributed by atoms with Crippen molar-refractivity contribution in [3.8, 4) is 11.5 Å². The molecule has 0 unspecified atom stereocenters. The number of rotatable bonds is 6. The zero-order valence-corrected chi connectivity index (χ0v) is 13.4. The van der Waals surface area contributed by atoms with E-state index >= 15 is 0 Å². The summed E-state index contributed by atoms with van der Waals surface area (Å²) >= 11 is 0. The maximum atomic E-state index is 12.7. The van der Waals surface area contributed by atoms with Crippen LogP contribution in [-0.4, -0.2) is 40.7 Å².